The third kappa shape index (κ3) is 3.44. The van der Waals surface area contributed by atoms with Crippen LogP contribution in [-0.2, 0) is 7.05 Å². The molecule has 0 saturated carbocycles. The summed E-state index contributed by atoms with van der Waals surface area (Å²) in [6.45, 7) is 1.64. The van der Waals surface area contributed by atoms with E-state index in [1.54, 1.807) is 6.20 Å². The van der Waals surface area contributed by atoms with Crippen LogP contribution in [0, 0.1) is 5.92 Å². The van der Waals surface area contributed by atoms with Crippen molar-refractivity contribution < 1.29 is 5.11 Å². The molecule has 1 N–H and O–H groups in total. The van der Waals surface area contributed by atoms with Crippen molar-refractivity contribution in [3.63, 3.8) is 0 Å². The molecule has 3 heterocycles. The first-order chi connectivity index (χ1) is 14.7. The van der Waals surface area contributed by atoms with Crippen LogP contribution in [0.15, 0.2) is 67.0 Å². The van der Waals surface area contributed by atoms with E-state index in [0.29, 0.717) is 0 Å². The average Bonchev–Trinajstić information content (AvgIpc) is 3.24. The number of hydrogen-bond acceptors (Lipinski definition) is 5. The summed E-state index contributed by atoms with van der Waals surface area (Å²) >= 11 is 0. The molecule has 0 aliphatic carbocycles. The lowest BCUT2D eigenvalue weighted by molar-refractivity contribution is 0.0823. The van der Waals surface area contributed by atoms with E-state index in [9.17, 15) is 5.11 Å². The standard InChI is InChI=1S/C24H25N5O/c1-28-16-13-25-23(28)22(30)18-11-14-29(15-12-18)24-26-20-10-6-5-9-19(20)21(27-24)17-7-3-2-4-8-17/h2-10,13,16,18,22,30H,11-12,14-15H2,1H3. The number of aryl methyl sites for hydroxylation is 1. The Morgan fingerprint density at radius 1 is 0.967 bits per heavy atom. The summed E-state index contributed by atoms with van der Waals surface area (Å²) in [6.07, 6.45) is 4.84. The highest BCUT2D eigenvalue weighted by Gasteiger charge is 2.29. The van der Waals surface area contributed by atoms with Gasteiger partial charge in [-0.3, -0.25) is 0 Å². The smallest absolute Gasteiger partial charge is 0.226 e. The van der Waals surface area contributed by atoms with Crippen molar-refractivity contribution in [2.45, 2.75) is 18.9 Å². The van der Waals surface area contributed by atoms with Gasteiger partial charge in [0, 0.05) is 43.5 Å². The Labute approximate surface area is 175 Å². The van der Waals surface area contributed by atoms with Gasteiger partial charge in [-0.15, -0.1) is 0 Å². The number of hydrogen-bond donors (Lipinski definition) is 1. The predicted molar refractivity (Wildman–Crippen MR) is 118 cm³/mol. The topological polar surface area (TPSA) is 67.1 Å². The first-order valence-corrected chi connectivity index (χ1v) is 10.4. The van der Waals surface area contributed by atoms with Crippen LogP contribution in [0.5, 0.6) is 0 Å². The second-order valence-electron chi connectivity index (χ2n) is 7.92. The molecule has 6 nitrogen and oxygen atoms in total. The third-order valence-electron chi connectivity index (χ3n) is 6.03. The lowest BCUT2D eigenvalue weighted by atomic mass is 9.91. The number of piperidine rings is 1. The molecule has 1 fully saturated rings. The number of aromatic nitrogens is 4. The number of fused-ring (bicyclic) bond motifs is 1. The van der Waals surface area contributed by atoms with Gasteiger partial charge in [-0.1, -0.05) is 48.5 Å². The van der Waals surface area contributed by atoms with E-state index in [-0.39, 0.29) is 5.92 Å². The van der Waals surface area contributed by atoms with Gasteiger partial charge in [0.2, 0.25) is 5.95 Å². The molecular formula is C24H25N5O. The minimum atomic E-state index is -0.537. The van der Waals surface area contributed by atoms with Gasteiger partial charge in [-0.2, -0.15) is 0 Å². The van der Waals surface area contributed by atoms with Crippen LogP contribution < -0.4 is 4.90 Å². The average molecular weight is 399 g/mol. The van der Waals surface area contributed by atoms with Gasteiger partial charge in [-0.05, 0) is 24.8 Å². The molecule has 1 unspecified atom stereocenters. The Kier molecular flexibility index (Phi) is 4.93. The van der Waals surface area contributed by atoms with Gasteiger partial charge in [0.1, 0.15) is 11.9 Å². The highest BCUT2D eigenvalue weighted by molar-refractivity contribution is 5.93. The van der Waals surface area contributed by atoms with Crippen LogP contribution in [0.4, 0.5) is 5.95 Å². The number of imidazole rings is 1. The molecule has 152 valence electrons. The maximum Gasteiger partial charge on any atom is 0.226 e. The lowest BCUT2D eigenvalue weighted by Gasteiger charge is -2.34. The van der Waals surface area contributed by atoms with Crippen molar-refractivity contribution in [3.05, 3.63) is 72.8 Å². The maximum atomic E-state index is 10.8. The summed E-state index contributed by atoms with van der Waals surface area (Å²) in [5, 5.41) is 11.8. The van der Waals surface area contributed by atoms with E-state index in [1.807, 2.05) is 54.2 Å². The van der Waals surface area contributed by atoms with Crippen molar-refractivity contribution in [1.82, 2.24) is 19.5 Å². The Morgan fingerprint density at radius 2 is 1.70 bits per heavy atom. The number of aliphatic hydroxyl groups excluding tert-OH is 1. The molecule has 30 heavy (non-hydrogen) atoms. The van der Waals surface area contributed by atoms with Crippen molar-refractivity contribution in [2.75, 3.05) is 18.0 Å². The van der Waals surface area contributed by atoms with Gasteiger partial charge in [-0.25, -0.2) is 15.0 Å². The van der Waals surface area contributed by atoms with Crippen LogP contribution >= 0.6 is 0 Å². The van der Waals surface area contributed by atoms with E-state index >= 15 is 0 Å². The van der Waals surface area contributed by atoms with E-state index in [4.69, 9.17) is 9.97 Å². The van der Waals surface area contributed by atoms with Gasteiger partial charge in [0.15, 0.2) is 0 Å². The summed E-state index contributed by atoms with van der Waals surface area (Å²) in [4.78, 5) is 16.4. The van der Waals surface area contributed by atoms with Gasteiger partial charge in [0.25, 0.3) is 0 Å². The number of aliphatic hydroxyl groups is 1. The molecule has 6 heteroatoms. The van der Waals surface area contributed by atoms with Crippen LogP contribution in [-0.4, -0.2) is 37.7 Å². The van der Waals surface area contributed by atoms with Gasteiger partial charge in [0.05, 0.1) is 11.2 Å². The van der Waals surface area contributed by atoms with Crippen LogP contribution in [0.1, 0.15) is 24.8 Å². The number of anilines is 1. The quantitative estimate of drug-likeness (QED) is 0.562. The first kappa shape index (κ1) is 18.8. The predicted octanol–water partition coefficient (Wildman–Crippen LogP) is 3.98. The number of para-hydroxylation sites is 1. The lowest BCUT2D eigenvalue weighted by Crippen LogP contribution is -2.37. The zero-order valence-corrected chi connectivity index (χ0v) is 17.0. The number of benzene rings is 2. The van der Waals surface area contributed by atoms with Crippen LogP contribution in [0.3, 0.4) is 0 Å². The van der Waals surface area contributed by atoms with Gasteiger partial charge < -0.3 is 14.6 Å². The normalized spacial score (nSPS) is 16.1. The zero-order valence-electron chi connectivity index (χ0n) is 17.0. The fourth-order valence-corrected chi connectivity index (χ4v) is 4.31. The van der Waals surface area contributed by atoms with Gasteiger partial charge >= 0.3 is 0 Å². The SMILES string of the molecule is Cn1ccnc1C(O)C1CCN(c2nc(-c3ccccc3)c3ccccc3n2)CC1. The fourth-order valence-electron chi connectivity index (χ4n) is 4.31. The molecular weight excluding hydrogens is 374 g/mol. The van der Waals surface area contributed by atoms with Crippen molar-refractivity contribution in [2.24, 2.45) is 13.0 Å². The van der Waals surface area contributed by atoms with Crippen LogP contribution in [0.2, 0.25) is 0 Å². The fraction of sp³-hybridized carbons (Fsp3) is 0.292. The molecule has 5 rings (SSSR count). The molecule has 0 radical (unpaired) electrons. The molecule has 0 amide bonds. The monoisotopic (exact) mass is 399 g/mol. The largest absolute Gasteiger partial charge is 0.385 e. The van der Waals surface area contributed by atoms with Crippen molar-refractivity contribution >= 4 is 16.9 Å². The summed E-state index contributed by atoms with van der Waals surface area (Å²) < 4.78 is 1.90. The Hall–Kier alpha value is -3.25. The molecule has 1 aliphatic rings. The molecule has 2 aromatic carbocycles. The Bertz CT molecular complexity index is 1150. The summed E-state index contributed by atoms with van der Waals surface area (Å²) in [7, 11) is 1.93. The van der Waals surface area contributed by atoms with E-state index in [1.165, 1.54) is 0 Å². The van der Waals surface area contributed by atoms with E-state index in [2.05, 4.69) is 28.1 Å². The minimum absolute atomic E-state index is 0.191. The van der Waals surface area contributed by atoms with Crippen molar-refractivity contribution in [1.29, 1.82) is 0 Å². The van der Waals surface area contributed by atoms with E-state index < -0.39 is 6.10 Å². The summed E-state index contributed by atoms with van der Waals surface area (Å²) in [5.41, 5.74) is 3.01. The molecule has 4 aromatic rings. The summed E-state index contributed by atoms with van der Waals surface area (Å²) in [5.74, 6) is 1.69. The third-order valence-corrected chi connectivity index (χ3v) is 6.03. The molecule has 1 aliphatic heterocycles. The molecule has 0 bridgehead atoms. The molecule has 0 spiro atoms. The molecule has 2 aromatic heterocycles. The highest BCUT2D eigenvalue weighted by atomic mass is 16.3. The van der Waals surface area contributed by atoms with Crippen molar-refractivity contribution in [3.8, 4) is 11.3 Å². The second-order valence-corrected chi connectivity index (χ2v) is 7.92. The molecule has 1 atom stereocenters. The Balaban J connectivity index is 1.42. The summed E-state index contributed by atoms with van der Waals surface area (Å²) in [6, 6.07) is 18.5. The zero-order chi connectivity index (χ0) is 20.5. The van der Waals surface area contributed by atoms with E-state index in [0.717, 1.165) is 59.9 Å². The second kappa shape index (κ2) is 7.88. The number of rotatable bonds is 4. The Morgan fingerprint density at radius 3 is 2.43 bits per heavy atom. The van der Waals surface area contributed by atoms with Crippen LogP contribution in [0.25, 0.3) is 22.2 Å². The minimum Gasteiger partial charge on any atom is -0.385 e. The maximum absolute atomic E-state index is 10.8. The molecule has 1 saturated heterocycles. The highest BCUT2D eigenvalue weighted by Crippen LogP contribution is 2.33. The first-order valence-electron chi connectivity index (χ1n) is 10.4. The number of nitrogens with zero attached hydrogens (tertiary/aromatic N) is 5.